The van der Waals surface area contributed by atoms with Crippen LogP contribution < -0.4 is 0 Å². The van der Waals surface area contributed by atoms with Gasteiger partial charge in [0.2, 0.25) is 0 Å². The van der Waals surface area contributed by atoms with Crippen molar-refractivity contribution in [3.8, 4) is 0 Å². The lowest BCUT2D eigenvalue weighted by Gasteiger charge is -2.02. The van der Waals surface area contributed by atoms with Crippen LogP contribution in [0.25, 0.3) is 0 Å². The van der Waals surface area contributed by atoms with Gasteiger partial charge in [-0.3, -0.25) is 4.79 Å². The maximum Gasteiger partial charge on any atom is 0.309 e. The van der Waals surface area contributed by atoms with E-state index in [1.54, 1.807) is 0 Å². The number of hydrogen-bond donors (Lipinski definition) is 0. The molecule has 2 rings (SSSR count). The number of ether oxygens (including phenoxy) is 1. The fourth-order valence-corrected chi connectivity index (χ4v) is 2.15. The molecule has 1 aromatic rings. The van der Waals surface area contributed by atoms with E-state index in [1.165, 1.54) is 11.1 Å². The molecule has 0 bridgehead atoms. The Labute approximate surface area is 96.6 Å². The van der Waals surface area contributed by atoms with E-state index in [0.29, 0.717) is 12.5 Å². The Bertz CT molecular complexity index is 384. The Morgan fingerprint density at radius 3 is 3.00 bits per heavy atom. The SMILES string of the molecule is CCOC(=O)C1CC1Cc1cccc(C)c1. The van der Waals surface area contributed by atoms with Crippen LogP contribution >= 0.6 is 0 Å². The highest BCUT2D eigenvalue weighted by atomic mass is 16.5. The Balaban J connectivity index is 1.87. The lowest BCUT2D eigenvalue weighted by atomic mass is 10.1. The summed E-state index contributed by atoms with van der Waals surface area (Å²) in [6.07, 6.45) is 2.00. The van der Waals surface area contributed by atoms with Gasteiger partial charge in [-0.15, -0.1) is 0 Å². The van der Waals surface area contributed by atoms with Crippen molar-refractivity contribution in [2.45, 2.75) is 26.7 Å². The molecule has 1 aromatic carbocycles. The first-order valence-corrected chi connectivity index (χ1v) is 5.93. The fraction of sp³-hybridized carbons (Fsp3) is 0.500. The summed E-state index contributed by atoms with van der Waals surface area (Å²) in [5.74, 6) is 0.640. The number of benzene rings is 1. The molecule has 1 saturated carbocycles. The monoisotopic (exact) mass is 218 g/mol. The minimum absolute atomic E-state index is 0.0137. The van der Waals surface area contributed by atoms with Crippen molar-refractivity contribution in [3.63, 3.8) is 0 Å². The summed E-state index contributed by atoms with van der Waals surface area (Å²) in [6.45, 7) is 4.45. The predicted octanol–water partition coefficient (Wildman–Crippen LogP) is 2.74. The van der Waals surface area contributed by atoms with Gasteiger partial charge in [0, 0.05) is 0 Å². The van der Waals surface area contributed by atoms with Gasteiger partial charge in [0.25, 0.3) is 0 Å². The van der Waals surface area contributed by atoms with Crippen LogP contribution in [0.2, 0.25) is 0 Å². The molecule has 0 amide bonds. The molecule has 0 heterocycles. The fourth-order valence-electron chi connectivity index (χ4n) is 2.15. The van der Waals surface area contributed by atoms with Gasteiger partial charge in [-0.25, -0.2) is 0 Å². The first-order chi connectivity index (χ1) is 7.70. The van der Waals surface area contributed by atoms with E-state index in [-0.39, 0.29) is 11.9 Å². The van der Waals surface area contributed by atoms with Gasteiger partial charge in [-0.1, -0.05) is 29.8 Å². The van der Waals surface area contributed by atoms with Gasteiger partial charge in [0.15, 0.2) is 0 Å². The zero-order valence-electron chi connectivity index (χ0n) is 9.90. The zero-order valence-corrected chi connectivity index (χ0v) is 9.90. The molecule has 16 heavy (non-hydrogen) atoms. The molecule has 2 heteroatoms. The molecule has 0 saturated heterocycles. The lowest BCUT2D eigenvalue weighted by molar-refractivity contribution is -0.145. The number of aryl methyl sites for hydroxylation is 1. The van der Waals surface area contributed by atoms with E-state index in [4.69, 9.17) is 4.74 Å². The van der Waals surface area contributed by atoms with Crippen LogP contribution in [-0.2, 0) is 16.0 Å². The van der Waals surface area contributed by atoms with Crippen LogP contribution in [-0.4, -0.2) is 12.6 Å². The van der Waals surface area contributed by atoms with E-state index in [2.05, 4.69) is 31.2 Å². The van der Waals surface area contributed by atoms with Crippen molar-refractivity contribution in [1.82, 2.24) is 0 Å². The summed E-state index contributed by atoms with van der Waals surface area (Å²) in [7, 11) is 0. The summed E-state index contributed by atoms with van der Waals surface area (Å²) in [5, 5.41) is 0. The number of carbonyl (C=O) groups excluding carboxylic acids is 1. The third-order valence-corrected chi connectivity index (χ3v) is 3.09. The number of carbonyl (C=O) groups is 1. The van der Waals surface area contributed by atoms with Gasteiger partial charge < -0.3 is 4.74 Å². The minimum atomic E-state index is -0.0137. The highest BCUT2D eigenvalue weighted by Crippen LogP contribution is 2.41. The van der Waals surface area contributed by atoms with E-state index in [9.17, 15) is 4.79 Å². The molecule has 2 atom stereocenters. The summed E-state index contributed by atoms with van der Waals surface area (Å²) >= 11 is 0. The number of hydrogen-bond acceptors (Lipinski definition) is 2. The largest absolute Gasteiger partial charge is 0.466 e. The Kier molecular flexibility index (Phi) is 3.28. The Morgan fingerprint density at radius 1 is 1.50 bits per heavy atom. The van der Waals surface area contributed by atoms with Crippen molar-refractivity contribution in [2.24, 2.45) is 11.8 Å². The molecule has 0 aliphatic heterocycles. The highest BCUT2D eigenvalue weighted by molar-refractivity contribution is 5.75. The van der Waals surface area contributed by atoms with Gasteiger partial charge in [-0.2, -0.15) is 0 Å². The molecule has 0 spiro atoms. The van der Waals surface area contributed by atoms with Crippen molar-refractivity contribution in [1.29, 1.82) is 0 Å². The van der Waals surface area contributed by atoms with Crippen LogP contribution in [0.1, 0.15) is 24.5 Å². The van der Waals surface area contributed by atoms with E-state index in [1.807, 2.05) is 6.92 Å². The van der Waals surface area contributed by atoms with E-state index in [0.717, 1.165) is 12.8 Å². The van der Waals surface area contributed by atoms with Crippen LogP contribution in [0.15, 0.2) is 24.3 Å². The zero-order chi connectivity index (χ0) is 11.5. The number of rotatable bonds is 4. The first kappa shape index (κ1) is 11.2. The number of esters is 1. The average Bonchev–Trinajstić information content (AvgIpc) is 2.97. The molecule has 0 aromatic heterocycles. The molecular formula is C14H18O2. The summed E-state index contributed by atoms with van der Waals surface area (Å²) in [5.41, 5.74) is 2.61. The highest BCUT2D eigenvalue weighted by Gasteiger charge is 2.43. The second-order valence-electron chi connectivity index (χ2n) is 4.55. The van der Waals surface area contributed by atoms with Crippen LogP contribution in [0, 0.1) is 18.8 Å². The topological polar surface area (TPSA) is 26.3 Å². The molecule has 86 valence electrons. The minimum Gasteiger partial charge on any atom is -0.466 e. The summed E-state index contributed by atoms with van der Waals surface area (Å²) < 4.78 is 5.02. The normalized spacial score (nSPS) is 22.9. The average molecular weight is 218 g/mol. The standard InChI is InChI=1S/C14H18O2/c1-3-16-14(15)13-9-12(13)8-11-6-4-5-10(2)7-11/h4-7,12-13H,3,8-9H2,1-2H3. The van der Waals surface area contributed by atoms with Crippen molar-refractivity contribution >= 4 is 5.97 Å². The predicted molar refractivity (Wildman–Crippen MR) is 63.1 cm³/mol. The third-order valence-electron chi connectivity index (χ3n) is 3.09. The molecule has 2 unspecified atom stereocenters. The Hall–Kier alpha value is -1.31. The molecule has 0 radical (unpaired) electrons. The van der Waals surface area contributed by atoms with Gasteiger partial charge in [-0.05, 0) is 38.2 Å². The molecule has 2 nitrogen and oxygen atoms in total. The van der Waals surface area contributed by atoms with Gasteiger partial charge >= 0.3 is 5.97 Å². The summed E-state index contributed by atoms with van der Waals surface area (Å²) in [6, 6.07) is 8.50. The van der Waals surface area contributed by atoms with Crippen molar-refractivity contribution in [2.75, 3.05) is 6.61 Å². The molecule has 1 fully saturated rings. The van der Waals surface area contributed by atoms with E-state index >= 15 is 0 Å². The first-order valence-electron chi connectivity index (χ1n) is 5.93. The molecule has 1 aliphatic carbocycles. The quantitative estimate of drug-likeness (QED) is 0.726. The maximum atomic E-state index is 11.5. The molecule has 1 aliphatic rings. The second-order valence-corrected chi connectivity index (χ2v) is 4.55. The van der Waals surface area contributed by atoms with E-state index < -0.39 is 0 Å². The van der Waals surface area contributed by atoms with Crippen molar-refractivity contribution in [3.05, 3.63) is 35.4 Å². The summed E-state index contributed by atoms with van der Waals surface area (Å²) in [4.78, 5) is 11.5. The Morgan fingerprint density at radius 2 is 2.31 bits per heavy atom. The molecule has 0 N–H and O–H groups in total. The van der Waals surface area contributed by atoms with Crippen LogP contribution in [0.5, 0.6) is 0 Å². The lowest BCUT2D eigenvalue weighted by Crippen LogP contribution is -2.08. The second kappa shape index (κ2) is 4.69. The van der Waals surface area contributed by atoms with Crippen molar-refractivity contribution < 1.29 is 9.53 Å². The van der Waals surface area contributed by atoms with Crippen LogP contribution in [0.4, 0.5) is 0 Å². The smallest absolute Gasteiger partial charge is 0.309 e. The van der Waals surface area contributed by atoms with Crippen LogP contribution in [0.3, 0.4) is 0 Å². The third kappa shape index (κ3) is 2.63. The maximum absolute atomic E-state index is 11.5. The molecular weight excluding hydrogens is 200 g/mol. The van der Waals surface area contributed by atoms with Gasteiger partial charge in [0.1, 0.15) is 0 Å². The van der Waals surface area contributed by atoms with Gasteiger partial charge in [0.05, 0.1) is 12.5 Å².